The number of methoxy groups -OCH3 is 1. The number of nitrogens with one attached hydrogen (secondary N) is 2. The van der Waals surface area contributed by atoms with Gasteiger partial charge in [-0.15, -0.1) is 11.3 Å². The van der Waals surface area contributed by atoms with Gasteiger partial charge in [-0.1, -0.05) is 41.6 Å². The maximum absolute atomic E-state index is 12.2. The Hall–Kier alpha value is -2.55. The minimum absolute atomic E-state index is 0.0772. The Bertz CT molecular complexity index is 1020. The molecule has 6 nitrogen and oxygen atoms in total. The first-order chi connectivity index (χ1) is 15.0. The number of amides is 2. The summed E-state index contributed by atoms with van der Waals surface area (Å²) < 4.78 is 5.90. The molecule has 0 fully saturated rings. The van der Waals surface area contributed by atoms with Crippen LogP contribution in [0.4, 0.5) is 5.69 Å². The SMILES string of the molecule is COc1cccc(NC(=O)CSc2nc(CC(=O)NCCc3ccc(Cl)cc3)cs2)c1. The number of carbonyl (C=O) groups is 2. The van der Waals surface area contributed by atoms with Gasteiger partial charge in [-0.3, -0.25) is 9.59 Å². The van der Waals surface area contributed by atoms with Crippen LogP contribution < -0.4 is 15.4 Å². The highest BCUT2D eigenvalue weighted by Gasteiger charge is 2.10. The van der Waals surface area contributed by atoms with E-state index < -0.39 is 0 Å². The van der Waals surface area contributed by atoms with Crippen molar-refractivity contribution < 1.29 is 14.3 Å². The van der Waals surface area contributed by atoms with Crippen LogP contribution in [0.25, 0.3) is 0 Å². The van der Waals surface area contributed by atoms with Gasteiger partial charge in [0.1, 0.15) is 5.75 Å². The van der Waals surface area contributed by atoms with Crippen LogP contribution >= 0.6 is 34.7 Å². The van der Waals surface area contributed by atoms with E-state index in [0.717, 1.165) is 16.3 Å². The van der Waals surface area contributed by atoms with Crippen molar-refractivity contribution >= 4 is 52.2 Å². The summed E-state index contributed by atoms with van der Waals surface area (Å²) in [4.78, 5) is 28.7. The average molecular weight is 476 g/mol. The monoisotopic (exact) mass is 475 g/mol. The number of halogens is 1. The van der Waals surface area contributed by atoms with Gasteiger partial charge in [-0.2, -0.15) is 0 Å². The Morgan fingerprint density at radius 2 is 1.97 bits per heavy atom. The highest BCUT2D eigenvalue weighted by molar-refractivity contribution is 8.01. The van der Waals surface area contributed by atoms with Crippen LogP contribution in [0.15, 0.2) is 58.3 Å². The Morgan fingerprint density at radius 1 is 1.16 bits per heavy atom. The second-order valence-electron chi connectivity index (χ2n) is 6.58. The lowest BCUT2D eigenvalue weighted by molar-refractivity contribution is -0.120. The summed E-state index contributed by atoms with van der Waals surface area (Å²) in [7, 11) is 1.58. The summed E-state index contributed by atoms with van der Waals surface area (Å²) >= 11 is 8.64. The molecular weight excluding hydrogens is 454 g/mol. The number of hydrogen-bond donors (Lipinski definition) is 2. The van der Waals surface area contributed by atoms with Crippen molar-refractivity contribution in [3.8, 4) is 5.75 Å². The number of ether oxygens (including phenoxy) is 1. The lowest BCUT2D eigenvalue weighted by Crippen LogP contribution is -2.27. The fourth-order valence-electron chi connectivity index (χ4n) is 2.69. The summed E-state index contributed by atoms with van der Waals surface area (Å²) in [5.74, 6) is 0.709. The number of hydrogen-bond acceptors (Lipinski definition) is 6. The molecule has 1 aromatic heterocycles. The van der Waals surface area contributed by atoms with E-state index in [1.165, 1.54) is 23.1 Å². The normalized spacial score (nSPS) is 10.5. The molecule has 0 aliphatic carbocycles. The van der Waals surface area contributed by atoms with Crippen LogP contribution in [0.3, 0.4) is 0 Å². The molecule has 0 bridgehead atoms. The van der Waals surface area contributed by atoms with Crippen molar-refractivity contribution in [3.63, 3.8) is 0 Å². The van der Waals surface area contributed by atoms with E-state index in [1.54, 1.807) is 19.2 Å². The fraction of sp³-hybridized carbons (Fsp3) is 0.227. The first-order valence-corrected chi connectivity index (χ1v) is 11.8. The van der Waals surface area contributed by atoms with E-state index in [-0.39, 0.29) is 24.0 Å². The molecular formula is C22H22ClN3O3S2. The van der Waals surface area contributed by atoms with Crippen LogP contribution in [-0.2, 0) is 22.4 Å². The number of rotatable bonds is 10. The zero-order chi connectivity index (χ0) is 22.1. The lowest BCUT2D eigenvalue weighted by Gasteiger charge is -2.06. The first-order valence-electron chi connectivity index (χ1n) is 9.54. The van der Waals surface area contributed by atoms with E-state index in [0.29, 0.717) is 28.7 Å². The standard InChI is InChI=1S/C22H22ClN3O3S2/c1-29-19-4-2-3-17(11-19)25-21(28)14-31-22-26-18(13-30-22)12-20(27)24-10-9-15-5-7-16(23)8-6-15/h2-8,11,13H,9-10,12,14H2,1H3,(H,24,27)(H,25,28). The predicted molar refractivity (Wildman–Crippen MR) is 126 cm³/mol. The second-order valence-corrected chi connectivity index (χ2v) is 9.09. The summed E-state index contributed by atoms with van der Waals surface area (Å²) in [5.41, 5.74) is 2.49. The molecule has 0 atom stereocenters. The Kier molecular flexibility index (Phi) is 8.75. The molecule has 0 aliphatic heterocycles. The predicted octanol–water partition coefficient (Wildman–Crippen LogP) is 4.44. The third kappa shape index (κ3) is 7.90. The van der Waals surface area contributed by atoms with Crippen LogP contribution in [0.2, 0.25) is 5.02 Å². The molecule has 2 amide bonds. The minimum atomic E-state index is -0.130. The number of benzene rings is 2. The van der Waals surface area contributed by atoms with Crippen LogP contribution in [0.1, 0.15) is 11.3 Å². The van der Waals surface area contributed by atoms with E-state index >= 15 is 0 Å². The quantitative estimate of drug-likeness (QED) is 0.424. The van der Waals surface area contributed by atoms with Gasteiger partial charge in [0, 0.05) is 28.7 Å². The molecule has 1 heterocycles. The van der Waals surface area contributed by atoms with Crippen molar-refractivity contribution in [2.75, 3.05) is 24.7 Å². The van der Waals surface area contributed by atoms with Crippen molar-refractivity contribution in [2.24, 2.45) is 0 Å². The van der Waals surface area contributed by atoms with E-state index in [2.05, 4.69) is 15.6 Å². The molecule has 0 aliphatic rings. The number of carbonyl (C=O) groups excluding carboxylic acids is 2. The molecule has 0 unspecified atom stereocenters. The molecule has 9 heteroatoms. The Labute approximate surface area is 194 Å². The number of aromatic nitrogens is 1. The van der Waals surface area contributed by atoms with Crippen molar-refractivity contribution in [2.45, 2.75) is 17.2 Å². The molecule has 0 saturated carbocycles. The summed E-state index contributed by atoms with van der Waals surface area (Å²) in [6.07, 6.45) is 0.956. The van der Waals surface area contributed by atoms with E-state index in [9.17, 15) is 9.59 Å². The molecule has 162 valence electrons. The molecule has 0 saturated heterocycles. The smallest absolute Gasteiger partial charge is 0.234 e. The maximum Gasteiger partial charge on any atom is 0.234 e. The average Bonchev–Trinajstić information content (AvgIpc) is 3.21. The Balaban J connectivity index is 1.38. The van der Waals surface area contributed by atoms with Gasteiger partial charge < -0.3 is 15.4 Å². The number of nitrogens with zero attached hydrogens (tertiary/aromatic N) is 1. The third-order valence-electron chi connectivity index (χ3n) is 4.20. The van der Waals surface area contributed by atoms with Gasteiger partial charge in [0.2, 0.25) is 11.8 Å². The highest BCUT2D eigenvalue weighted by Crippen LogP contribution is 2.23. The van der Waals surface area contributed by atoms with Crippen molar-refractivity contribution in [3.05, 3.63) is 70.2 Å². The molecule has 31 heavy (non-hydrogen) atoms. The van der Waals surface area contributed by atoms with Crippen LogP contribution in [0.5, 0.6) is 5.75 Å². The molecule has 0 radical (unpaired) electrons. The summed E-state index contributed by atoms with van der Waals surface area (Å²) in [6, 6.07) is 14.8. The first kappa shape index (κ1) is 23.1. The minimum Gasteiger partial charge on any atom is -0.497 e. The van der Waals surface area contributed by atoms with Gasteiger partial charge in [0.15, 0.2) is 4.34 Å². The van der Waals surface area contributed by atoms with Gasteiger partial charge in [-0.25, -0.2) is 4.98 Å². The number of anilines is 1. The van der Waals surface area contributed by atoms with Crippen LogP contribution in [-0.4, -0.2) is 36.2 Å². The zero-order valence-corrected chi connectivity index (χ0v) is 19.3. The topological polar surface area (TPSA) is 80.3 Å². The largest absolute Gasteiger partial charge is 0.497 e. The van der Waals surface area contributed by atoms with Gasteiger partial charge in [0.25, 0.3) is 0 Å². The highest BCUT2D eigenvalue weighted by atomic mass is 35.5. The molecule has 2 aromatic carbocycles. The van der Waals surface area contributed by atoms with E-state index in [1.807, 2.05) is 41.8 Å². The lowest BCUT2D eigenvalue weighted by atomic mass is 10.1. The van der Waals surface area contributed by atoms with Crippen molar-refractivity contribution in [1.29, 1.82) is 0 Å². The van der Waals surface area contributed by atoms with Gasteiger partial charge in [-0.05, 0) is 36.2 Å². The maximum atomic E-state index is 12.2. The summed E-state index contributed by atoms with van der Waals surface area (Å²) in [5, 5.41) is 8.28. The third-order valence-corrected chi connectivity index (χ3v) is 6.52. The van der Waals surface area contributed by atoms with Gasteiger partial charge in [0.05, 0.1) is 25.0 Å². The van der Waals surface area contributed by atoms with E-state index in [4.69, 9.17) is 16.3 Å². The molecule has 2 N–H and O–H groups in total. The molecule has 3 rings (SSSR count). The summed E-state index contributed by atoms with van der Waals surface area (Å²) in [6.45, 7) is 0.552. The number of thiazole rings is 1. The van der Waals surface area contributed by atoms with Crippen LogP contribution in [0, 0.1) is 0 Å². The Morgan fingerprint density at radius 3 is 2.74 bits per heavy atom. The zero-order valence-electron chi connectivity index (χ0n) is 16.9. The van der Waals surface area contributed by atoms with Gasteiger partial charge >= 0.3 is 0 Å². The molecule has 0 spiro atoms. The molecule has 3 aromatic rings. The number of thioether (sulfide) groups is 1. The fourth-order valence-corrected chi connectivity index (χ4v) is 4.46. The van der Waals surface area contributed by atoms with Crippen molar-refractivity contribution in [1.82, 2.24) is 10.3 Å². The second kappa shape index (κ2) is 11.7.